The number of amides is 1. The van der Waals surface area contributed by atoms with Gasteiger partial charge in [-0.05, 0) is 19.3 Å². The summed E-state index contributed by atoms with van der Waals surface area (Å²) in [4.78, 5) is 13.0. The van der Waals surface area contributed by atoms with Crippen molar-refractivity contribution in [2.45, 2.75) is 33.1 Å². The molecule has 1 rings (SSSR count). The minimum absolute atomic E-state index is 0.205. The molecule has 0 radical (unpaired) electrons. The molecule has 0 aliphatic carbocycles. The monoisotopic (exact) mass is 167 g/mol. The summed E-state index contributed by atoms with van der Waals surface area (Å²) in [6.07, 6.45) is 5.60. The molecule has 2 nitrogen and oxygen atoms in total. The molecule has 1 aliphatic rings. The molecule has 0 fully saturated rings. The van der Waals surface area contributed by atoms with Crippen molar-refractivity contribution < 1.29 is 4.79 Å². The lowest BCUT2D eigenvalue weighted by atomic mass is 10.2. The maximum absolute atomic E-state index is 11.1. The van der Waals surface area contributed by atoms with Gasteiger partial charge in [0.15, 0.2) is 0 Å². The molecule has 1 heterocycles. The van der Waals surface area contributed by atoms with Crippen LogP contribution in [0.15, 0.2) is 11.6 Å². The summed E-state index contributed by atoms with van der Waals surface area (Å²) < 4.78 is 0. The van der Waals surface area contributed by atoms with Crippen molar-refractivity contribution in [3.8, 4) is 0 Å². The molecule has 0 aromatic heterocycles. The first kappa shape index (κ1) is 9.30. The predicted molar refractivity (Wildman–Crippen MR) is 49.9 cm³/mol. The van der Waals surface area contributed by atoms with Gasteiger partial charge in [-0.15, -0.1) is 0 Å². The summed E-state index contributed by atoms with van der Waals surface area (Å²) >= 11 is 0. The molecule has 0 spiro atoms. The molecule has 0 N–H and O–H groups in total. The van der Waals surface area contributed by atoms with Gasteiger partial charge in [-0.2, -0.15) is 0 Å². The Kier molecular flexibility index (Phi) is 3.32. The van der Waals surface area contributed by atoms with Crippen molar-refractivity contribution in [3.63, 3.8) is 0 Å². The summed E-state index contributed by atoms with van der Waals surface area (Å²) in [6, 6.07) is 0. The van der Waals surface area contributed by atoms with E-state index in [1.807, 2.05) is 4.90 Å². The van der Waals surface area contributed by atoms with Crippen molar-refractivity contribution >= 4 is 5.91 Å². The third-order valence-electron chi connectivity index (χ3n) is 2.36. The fraction of sp³-hybridized carbons (Fsp3) is 0.700. The highest BCUT2D eigenvalue weighted by molar-refractivity contribution is 5.73. The molecule has 0 unspecified atom stereocenters. The Morgan fingerprint density at radius 2 is 2.42 bits per heavy atom. The maximum atomic E-state index is 11.1. The Balaban J connectivity index is 2.58. The molecule has 0 aromatic rings. The SMILES string of the molecule is CCC1=CCCCN(C(C)=O)C1. The van der Waals surface area contributed by atoms with Crippen molar-refractivity contribution in [2.75, 3.05) is 13.1 Å². The molecule has 12 heavy (non-hydrogen) atoms. The number of hydrogen-bond donors (Lipinski definition) is 0. The second-order valence-corrected chi connectivity index (χ2v) is 3.30. The van der Waals surface area contributed by atoms with Gasteiger partial charge in [0.1, 0.15) is 0 Å². The average molecular weight is 167 g/mol. The highest BCUT2D eigenvalue weighted by atomic mass is 16.2. The van der Waals surface area contributed by atoms with Crippen LogP contribution in [0.1, 0.15) is 33.1 Å². The van der Waals surface area contributed by atoms with Crippen molar-refractivity contribution in [3.05, 3.63) is 11.6 Å². The molecule has 0 bridgehead atoms. The quantitative estimate of drug-likeness (QED) is 0.547. The van der Waals surface area contributed by atoms with Gasteiger partial charge in [0, 0.05) is 20.0 Å². The van der Waals surface area contributed by atoms with E-state index in [4.69, 9.17) is 0 Å². The first-order chi connectivity index (χ1) is 5.74. The van der Waals surface area contributed by atoms with Crippen LogP contribution in [0.5, 0.6) is 0 Å². The zero-order valence-electron chi connectivity index (χ0n) is 7.97. The Hall–Kier alpha value is -0.790. The highest BCUT2D eigenvalue weighted by Crippen LogP contribution is 2.12. The lowest BCUT2D eigenvalue weighted by molar-refractivity contribution is -0.128. The van der Waals surface area contributed by atoms with E-state index in [0.29, 0.717) is 0 Å². The topological polar surface area (TPSA) is 20.3 Å². The average Bonchev–Trinajstić information content (AvgIpc) is 2.28. The number of hydrogen-bond acceptors (Lipinski definition) is 1. The van der Waals surface area contributed by atoms with E-state index in [1.165, 1.54) is 5.57 Å². The minimum Gasteiger partial charge on any atom is -0.339 e. The van der Waals surface area contributed by atoms with Gasteiger partial charge in [0.2, 0.25) is 5.91 Å². The van der Waals surface area contributed by atoms with Crippen LogP contribution in [-0.2, 0) is 4.79 Å². The highest BCUT2D eigenvalue weighted by Gasteiger charge is 2.11. The molecule has 0 atom stereocenters. The van der Waals surface area contributed by atoms with Crippen LogP contribution in [0.4, 0.5) is 0 Å². The van der Waals surface area contributed by atoms with E-state index in [0.717, 1.165) is 32.4 Å². The Morgan fingerprint density at radius 3 is 3.00 bits per heavy atom. The van der Waals surface area contributed by atoms with Crippen LogP contribution in [0.25, 0.3) is 0 Å². The normalized spacial score (nSPS) is 18.5. The molecule has 1 amide bonds. The fourth-order valence-corrected chi connectivity index (χ4v) is 1.50. The summed E-state index contributed by atoms with van der Waals surface area (Å²) in [5.41, 5.74) is 1.41. The van der Waals surface area contributed by atoms with Gasteiger partial charge in [0.25, 0.3) is 0 Å². The number of rotatable bonds is 1. The zero-order chi connectivity index (χ0) is 8.97. The molecular weight excluding hydrogens is 150 g/mol. The summed E-state index contributed by atoms with van der Waals surface area (Å²) in [6.45, 7) is 5.58. The lowest BCUT2D eigenvalue weighted by Gasteiger charge is -2.19. The Bertz CT molecular complexity index is 196. The van der Waals surface area contributed by atoms with Crippen molar-refractivity contribution in [1.82, 2.24) is 4.90 Å². The van der Waals surface area contributed by atoms with Crippen LogP contribution >= 0.6 is 0 Å². The van der Waals surface area contributed by atoms with Gasteiger partial charge in [-0.25, -0.2) is 0 Å². The molecule has 68 valence electrons. The van der Waals surface area contributed by atoms with Gasteiger partial charge < -0.3 is 4.90 Å². The maximum Gasteiger partial charge on any atom is 0.219 e. The number of nitrogens with zero attached hydrogens (tertiary/aromatic N) is 1. The molecule has 0 saturated heterocycles. The van der Waals surface area contributed by atoms with Crippen LogP contribution in [0.3, 0.4) is 0 Å². The largest absolute Gasteiger partial charge is 0.339 e. The van der Waals surface area contributed by atoms with Crippen LogP contribution in [0, 0.1) is 0 Å². The van der Waals surface area contributed by atoms with E-state index in [-0.39, 0.29) is 5.91 Å². The van der Waals surface area contributed by atoms with Crippen LogP contribution in [0.2, 0.25) is 0 Å². The second kappa shape index (κ2) is 4.29. The summed E-state index contributed by atoms with van der Waals surface area (Å²) in [5.74, 6) is 0.205. The van der Waals surface area contributed by atoms with Crippen molar-refractivity contribution in [1.29, 1.82) is 0 Å². The molecule has 1 aliphatic heterocycles. The predicted octanol–water partition coefficient (Wildman–Crippen LogP) is 1.97. The van der Waals surface area contributed by atoms with Gasteiger partial charge >= 0.3 is 0 Å². The van der Waals surface area contributed by atoms with E-state index in [1.54, 1.807) is 6.92 Å². The van der Waals surface area contributed by atoms with E-state index in [9.17, 15) is 4.79 Å². The van der Waals surface area contributed by atoms with Gasteiger partial charge in [-0.1, -0.05) is 18.6 Å². The van der Waals surface area contributed by atoms with Crippen LogP contribution in [-0.4, -0.2) is 23.9 Å². The standard InChI is InChI=1S/C10H17NO/c1-3-10-6-4-5-7-11(8-10)9(2)12/h6H,3-5,7-8H2,1-2H3. The minimum atomic E-state index is 0.205. The number of carbonyl (C=O) groups is 1. The van der Waals surface area contributed by atoms with E-state index in [2.05, 4.69) is 13.0 Å². The Morgan fingerprint density at radius 1 is 1.67 bits per heavy atom. The molecule has 2 heteroatoms. The van der Waals surface area contributed by atoms with Crippen LogP contribution < -0.4 is 0 Å². The third kappa shape index (κ3) is 2.36. The van der Waals surface area contributed by atoms with E-state index >= 15 is 0 Å². The third-order valence-corrected chi connectivity index (χ3v) is 2.36. The van der Waals surface area contributed by atoms with Crippen molar-refractivity contribution in [2.24, 2.45) is 0 Å². The zero-order valence-corrected chi connectivity index (χ0v) is 7.97. The first-order valence-corrected chi connectivity index (χ1v) is 4.67. The smallest absolute Gasteiger partial charge is 0.219 e. The molecule has 0 saturated carbocycles. The summed E-state index contributed by atoms with van der Waals surface area (Å²) in [5, 5.41) is 0. The Labute approximate surface area is 74.2 Å². The first-order valence-electron chi connectivity index (χ1n) is 4.67. The van der Waals surface area contributed by atoms with Gasteiger partial charge in [0.05, 0.1) is 0 Å². The molecule has 0 aromatic carbocycles. The number of carbonyl (C=O) groups excluding carboxylic acids is 1. The second-order valence-electron chi connectivity index (χ2n) is 3.30. The lowest BCUT2D eigenvalue weighted by Crippen LogP contribution is -2.30. The van der Waals surface area contributed by atoms with E-state index < -0.39 is 0 Å². The van der Waals surface area contributed by atoms with Gasteiger partial charge in [-0.3, -0.25) is 4.79 Å². The number of allylic oxidation sites excluding steroid dienone is 1. The molecular formula is C10H17NO. The summed E-state index contributed by atoms with van der Waals surface area (Å²) in [7, 11) is 0. The fourth-order valence-electron chi connectivity index (χ4n) is 1.50.